The first kappa shape index (κ1) is 19.6. The number of carbonyl (C=O) groups excluding carboxylic acids is 3. The highest BCUT2D eigenvalue weighted by molar-refractivity contribution is 6.30. The van der Waals surface area contributed by atoms with Crippen LogP contribution >= 0.6 is 11.6 Å². The Morgan fingerprint density at radius 2 is 2.00 bits per heavy atom. The molecule has 28 heavy (non-hydrogen) atoms. The highest BCUT2D eigenvalue weighted by Crippen LogP contribution is 2.30. The van der Waals surface area contributed by atoms with Crippen LogP contribution in [-0.4, -0.2) is 31.1 Å². The van der Waals surface area contributed by atoms with Gasteiger partial charge >= 0.3 is 12.0 Å². The van der Waals surface area contributed by atoms with E-state index in [0.717, 1.165) is 11.6 Å². The number of hydrogen-bond acceptors (Lipinski definition) is 5. The summed E-state index contributed by atoms with van der Waals surface area (Å²) in [6.07, 6.45) is 0.365. The number of benzene rings is 2. The second-order valence-corrected chi connectivity index (χ2v) is 6.49. The highest BCUT2D eigenvalue weighted by Gasteiger charge is 2.28. The number of hydrogen-bond donors (Lipinski definition) is 2. The molecule has 0 spiro atoms. The molecule has 1 atom stereocenters. The second kappa shape index (κ2) is 8.71. The molecule has 0 bridgehead atoms. The highest BCUT2D eigenvalue weighted by atomic mass is 35.5. The molecule has 3 amide bonds. The molecule has 0 unspecified atom stereocenters. The van der Waals surface area contributed by atoms with Crippen LogP contribution in [0.5, 0.6) is 5.75 Å². The average Bonchev–Trinajstić information content (AvgIpc) is 2.67. The Morgan fingerprint density at radius 1 is 1.21 bits per heavy atom. The Labute approximate surface area is 164 Å². The largest absolute Gasteiger partial charge is 0.492 e. The van der Waals surface area contributed by atoms with Gasteiger partial charge in [0.05, 0.1) is 11.6 Å². The fraction of sp³-hybridized carbons (Fsp3) is 0.211. The molecular formula is C19H16ClFN2O5. The smallest absolute Gasteiger partial charge is 0.326 e. The SMILES string of the molecule is O=C(COC(=O)[C@H]1COc2ccc(Cl)cc2C1)NC(=O)Nc1ccccc1F. The van der Waals surface area contributed by atoms with Crippen molar-refractivity contribution in [1.82, 2.24) is 5.32 Å². The molecular weight excluding hydrogens is 391 g/mol. The van der Waals surface area contributed by atoms with Crippen LogP contribution in [0.3, 0.4) is 0 Å². The van der Waals surface area contributed by atoms with E-state index in [0.29, 0.717) is 17.2 Å². The molecule has 2 aromatic rings. The number of carbonyl (C=O) groups is 3. The predicted molar refractivity (Wildman–Crippen MR) is 98.7 cm³/mol. The van der Waals surface area contributed by atoms with Crippen molar-refractivity contribution in [2.75, 3.05) is 18.5 Å². The van der Waals surface area contributed by atoms with Gasteiger partial charge in [0.15, 0.2) is 6.61 Å². The van der Waals surface area contributed by atoms with Gasteiger partial charge in [0.25, 0.3) is 5.91 Å². The zero-order valence-electron chi connectivity index (χ0n) is 14.5. The third kappa shape index (κ3) is 4.98. The third-order valence-electron chi connectivity index (χ3n) is 3.98. The van der Waals surface area contributed by atoms with Crippen molar-refractivity contribution in [3.8, 4) is 5.75 Å². The van der Waals surface area contributed by atoms with Crippen LogP contribution in [0.25, 0.3) is 0 Å². The summed E-state index contributed by atoms with van der Waals surface area (Å²) < 4.78 is 23.9. The minimum absolute atomic E-state index is 0.0820. The molecule has 0 aliphatic carbocycles. The first-order valence-corrected chi connectivity index (χ1v) is 8.73. The van der Waals surface area contributed by atoms with Gasteiger partial charge in [0.1, 0.15) is 18.2 Å². The topological polar surface area (TPSA) is 93.7 Å². The zero-order chi connectivity index (χ0) is 20.1. The monoisotopic (exact) mass is 406 g/mol. The fourth-order valence-corrected chi connectivity index (χ4v) is 2.84. The van der Waals surface area contributed by atoms with E-state index in [4.69, 9.17) is 21.1 Å². The number of fused-ring (bicyclic) bond motifs is 1. The number of anilines is 1. The molecule has 0 saturated heterocycles. The number of para-hydroxylation sites is 1. The molecule has 1 heterocycles. The number of esters is 1. The summed E-state index contributed by atoms with van der Waals surface area (Å²) in [5, 5.41) is 4.67. The minimum Gasteiger partial charge on any atom is -0.492 e. The van der Waals surface area contributed by atoms with Crippen LogP contribution in [-0.2, 0) is 20.7 Å². The lowest BCUT2D eigenvalue weighted by atomic mass is 9.97. The van der Waals surface area contributed by atoms with Gasteiger partial charge in [-0.05, 0) is 42.3 Å². The summed E-state index contributed by atoms with van der Waals surface area (Å²) in [5.41, 5.74) is 0.691. The molecule has 0 fully saturated rings. The summed E-state index contributed by atoms with van der Waals surface area (Å²) in [7, 11) is 0. The van der Waals surface area contributed by atoms with E-state index in [9.17, 15) is 18.8 Å². The standard InChI is InChI=1S/C19H16ClFN2O5/c20-13-5-6-16-11(8-13)7-12(9-27-16)18(25)28-10-17(24)23-19(26)22-15-4-2-1-3-14(15)21/h1-6,8,12H,7,9-10H2,(H2,22,23,24,26)/t12-/m1/s1. The van der Waals surface area contributed by atoms with Crippen molar-refractivity contribution in [1.29, 1.82) is 0 Å². The normalized spacial score (nSPS) is 15.0. The molecule has 9 heteroatoms. The summed E-state index contributed by atoms with van der Waals surface area (Å²) in [5.74, 6) is -2.06. The summed E-state index contributed by atoms with van der Waals surface area (Å²) in [6.45, 7) is -0.536. The van der Waals surface area contributed by atoms with Gasteiger partial charge in [0.2, 0.25) is 0 Å². The Balaban J connectivity index is 1.46. The van der Waals surface area contributed by atoms with Crippen molar-refractivity contribution in [3.63, 3.8) is 0 Å². The molecule has 7 nitrogen and oxygen atoms in total. The first-order valence-electron chi connectivity index (χ1n) is 8.35. The van der Waals surface area contributed by atoms with Gasteiger partial charge in [-0.2, -0.15) is 0 Å². The van der Waals surface area contributed by atoms with Crippen molar-refractivity contribution in [2.45, 2.75) is 6.42 Å². The molecule has 3 rings (SSSR count). The van der Waals surface area contributed by atoms with E-state index in [2.05, 4.69) is 5.32 Å². The van der Waals surface area contributed by atoms with Gasteiger partial charge in [-0.1, -0.05) is 23.7 Å². The minimum atomic E-state index is -0.935. The van der Waals surface area contributed by atoms with Crippen LogP contribution in [0.1, 0.15) is 5.56 Å². The third-order valence-corrected chi connectivity index (χ3v) is 4.22. The van der Waals surface area contributed by atoms with Crippen molar-refractivity contribution < 1.29 is 28.2 Å². The molecule has 146 valence electrons. The van der Waals surface area contributed by atoms with Crippen molar-refractivity contribution in [2.24, 2.45) is 5.92 Å². The van der Waals surface area contributed by atoms with Crippen LogP contribution in [0, 0.1) is 11.7 Å². The number of ether oxygens (including phenoxy) is 2. The Morgan fingerprint density at radius 3 is 2.79 bits per heavy atom. The van der Waals surface area contributed by atoms with Crippen molar-refractivity contribution >= 4 is 35.2 Å². The lowest BCUT2D eigenvalue weighted by Gasteiger charge is -2.24. The lowest BCUT2D eigenvalue weighted by molar-refractivity contribution is -0.153. The molecule has 0 radical (unpaired) electrons. The van der Waals surface area contributed by atoms with Crippen LogP contribution in [0.4, 0.5) is 14.9 Å². The zero-order valence-corrected chi connectivity index (χ0v) is 15.3. The predicted octanol–water partition coefficient (Wildman–Crippen LogP) is 2.92. The summed E-state index contributed by atoms with van der Waals surface area (Å²) in [6, 6.07) is 9.68. The molecule has 0 aromatic heterocycles. The maximum Gasteiger partial charge on any atom is 0.326 e. The molecule has 2 aromatic carbocycles. The maximum atomic E-state index is 13.5. The van der Waals surface area contributed by atoms with Gasteiger partial charge in [-0.15, -0.1) is 0 Å². The van der Waals surface area contributed by atoms with Crippen LogP contribution in [0.2, 0.25) is 5.02 Å². The number of nitrogens with one attached hydrogen (secondary N) is 2. The summed E-state index contributed by atoms with van der Waals surface area (Å²) >= 11 is 5.94. The van der Waals surface area contributed by atoms with E-state index >= 15 is 0 Å². The van der Waals surface area contributed by atoms with Gasteiger partial charge < -0.3 is 14.8 Å². The van der Waals surface area contributed by atoms with E-state index in [-0.39, 0.29) is 12.3 Å². The van der Waals surface area contributed by atoms with Gasteiger partial charge in [0, 0.05) is 5.02 Å². The van der Waals surface area contributed by atoms with E-state index in [1.165, 1.54) is 18.2 Å². The van der Waals surface area contributed by atoms with Gasteiger partial charge in [-0.25, -0.2) is 9.18 Å². The second-order valence-electron chi connectivity index (χ2n) is 6.05. The Kier molecular flexibility index (Phi) is 6.10. The number of halogens is 2. The van der Waals surface area contributed by atoms with Crippen LogP contribution < -0.4 is 15.4 Å². The molecule has 0 saturated carbocycles. The van der Waals surface area contributed by atoms with E-state index in [1.807, 2.05) is 5.32 Å². The number of urea groups is 1. The number of amides is 3. The molecule has 1 aliphatic heterocycles. The van der Waals surface area contributed by atoms with Crippen molar-refractivity contribution in [3.05, 3.63) is 58.9 Å². The quantitative estimate of drug-likeness (QED) is 0.761. The molecule has 1 aliphatic rings. The number of rotatable bonds is 4. The Bertz CT molecular complexity index is 921. The van der Waals surface area contributed by atoms with E-state index in [1.54, 1.807) is 18.2 Å². The average molecular weight is 407 g/mol. The summed E-state index contributed by atoms with van der Waals surface area (Å²) in [4.78, 5) is 35.6. The molecule has 2 N–H and O–H groups in total. The Hall–Kier alpha value is -3.13. The number of imide groups is 1. The first-order chi connectivity index (χ1) is 13.4. The van der Waals surface area contributed by atoms with E-state index < -0.39 is 36.2 Å². The van der Waals surface area contributed by atoms with Crippen LogP contribution in [0.15, 0.2) is 42.5 Å². The lowest BCUT2D eigenvalue weighted by Crippen LogP contribution is -2.38. The maximum absolute atomic E-state index is 13.5. The van der Waals surface area contributed by atoms with Gasteiger partial charge in [-0.3, -0.25) is 14.9 Å². The fourth-order valence-electron chi connectivity index (χ4n) is 2.65.